The van der Waals surface area contributed by atoms with Crippen LogP contribution in [-0.4, -0.2) is 18.4 Å². The molecule has 0 fully saturated rings. The van der Waals surface area contributed by atoms with Gasteiger partial charge in [-0.2, -0.15) is 0 Å². The van der Waals surface area contributed by atoms with Crippen LogP contribution >= 0.6 is 34.8 Å². The van der Waals surface area contributed by atoms with Gasteiger partial charge in [-0.25, -0.2) is 0 Å². The molecule has 2 N–H and O–H groups in total. The molecule has 0 bridgehead atoms. The Morgan fingerprint density at radius 3 is 2.21 bits per heavy atom. The van der Waals surface area contributed by atoms with Crippen LogP contribution < -0.4 is 15.4 Å². The number of hydrogen-bond acceptors (Lipinski definition) is 3. The molecular formula is C16H13Cl3N2O3. The highest BCUT2D eigenvalue weighted by Gasteiger charge is 2.10. The molecule has 126 valence electrons. The second-order valence-electron chi connectivity index (χ2n) is 4.79. The molecule has 0 aliphatic carbocycles. The number of carbonyl (C=O) groups excluding carboxylic acids is 2. The fraction of sp³-hybridized carbons (Fsp3) is 0.125. The van der Waals surface area contributed by atoms with Gasteiger partial charge in [-0.1, -0.05) is 34.8 Å². The molecule has 2 aromatic rings. The van der Waals surface area contributed by atoms with E-state index in [2.05, 4.69) is 10.6 Å². The van der Waals surface area contributed by atoms with Gasteiger partial charge in [0.05, 0.1) is 20.8 Å². The summed E-state index contributed by atoms with van der Waals surface area (Å²) >= 11 is 17.7. The Bertz CT molecular complexity index is 764. The largest absolute Gasteiger partial charge is 0.484 e. The van der Waals surface area contributed by atoms with Gasteiger partial charge in [-0.05, 0) is 36.4 Å². The van der Waals surface area contributed by atoms with Crippen molar-refractivity contribution in [2.24, 2.45) is 0 Å². The lowest BCUT2D eigenvalue weighted by atomic mass is 10.3. The third-order valence-corrected chi connectivity index (χ3v) is 3.86. The predicted octanol–water partition coefficient (Wildman–Crippen LogP) is 4.62. The highest BCUT2D eigenvalue weighted by Crippen LogP contribution is 2.32. The van der Waals surface area contributed by atoms with Crippen LogP contribution in [0.25, 0.3) is 0 Å². The van der Waals surface area contributed by atoms with E-state index in [1.165, 1.54) is 19.1 Å². The molecule has 0 aromatic heterocycles. The normalized spacial score (nSPS) is 10.2. The van der Waals surface area contributed by atoms with Crippen LogP contribution in [0.3, 0.4) is 0 Å². The lowest BCUT2D eigenvalue weighted by Gasteiger charge is -2.10. The fourth-order valence-corrected chi connectivity index (χ4v) is 2.39. The molecule has 0 aliphatic rings. The lowest BCUT2D eigenvalue weighted by Crippen LogP contribution is -2.20. The number of halogens is 3. The minimum absolute atomic E-state index is 0.165. The van der Waals surface area contributed by atoms with Gasteiger partial charge in [-0.3, -0.25) is 9.59 Å². The molecule has 8 heteroatoms. The highest BCUT2D eigenvalue weighted by atomic mass is 35.5. The Hall–Kier alpha value is -1.95. The second-order valence-corrected chi connectivity index (χ2v) is 6.01. The summed E-state index contributed by atoms with van der Waals surface area (Å²) in [7, 11) is 0. The number of carbonyl (C=O) groups is 2. The van der Waals surface area contributed by atoms with Crippen LogP contribution in [0.5, 0.6) is 5.75 Å². The number of amides is 2. The third kappa shape index (κ3) is 5.30. The van der Waals surface area contributed by atoms with Gasteiger partial charge in [0, 0.05) is 12.6 Å². The summed E-state index contributed by atoms with van der Waals surface area (Å²) in [4.78, 5) is 22.9. The molecule has 0 spiro atoms. The van der Waals surface area contributed by atoms with Gasteiger partial charge >= 0.3 is 0 Å². The Morgan fingerprint density at radius 1 is 0.958 bits per heavy atom. The van der Waals surface area contributed by atoms with Crippen LogP contribution in [0.1, 0.15) is 6.92 Å². The Kier molecular flexibility index (Phi) is 6.31. The van der Waals surface area contributed by atoms with E-state index in [1.54, 1.807) is 24.3 Å². The Labute approximate surface area is 153 Å². The zero-order chi connectivity index (χ0) is 17.7. The molecule has 0 unspecified atom stereocenters. The summed E-state index contributed by atoms with van der Waals surface area (Å²) in [5.41, 5.74) is 0.988. The number of rotatable bonds is 5. The summed E-state index contributed by atoms with van der Waals surface area (Å²) in [5.74, 6) is -0.0812. The van der Waals surface area contributed by atoms with E-state index in [1.807, 2.05) is 0 Å². The molecule has 0 radical (unpaired) electrons. The molecule has 2 rings (SSSR count). The molecule has 0 aliphatic heterocycles. The highest BCUT2D eigenvalue weighted by molar-refractivity contribution is 6.44. The maximum Gasteiger partial charge on any atom is 0.262 e. The first-order chi connectivity index (χ1) is 11.3. The second kappa shape index (κ2) is 8.24. The van der Waals surface area contributed by atoms with Gasteiger partial charge in [-0.15, -0.1) is 0 Å². The third-order valence-electron chi connectivity index (χ3n) is 2.83. The van der Waals surface area contributed by atoms with Crippen LogP contribution in [-0.2, 0) is 9.59 Å². The minimum Gasteiger partial charge on any atom is -0.484 e. The van der Waals surface area contributed by atoms with Gasteiger partial charge in [0.1, 0.15) is 5.75 Å². The van der Waals surface area contributed by atoms with Crippen molar-refractivity contribution < 1.29 is 14.3 Å². The van der Waals surface area contributed by atoms with E-state index in [0.29, 0.717) is 22.1 Å². The van der Waals surface area contributed by atoms with E-state index < -0.39 is 5.91 Å². The van der Waals surface area contributed by atoms with Gasteiger partial charge in [0.15, 0.2) is 6.61 Å². The lowest BCUT2D eigenvalue weighted by molar-refractivity contribution is -0.118. The summed E-state index contributed by atoms with van der Waals surface area (Å²) in [6.07, 6.45) is 0. The van der Waals surface area contributed by atoms with Crippen molar-refractivity contribution in [3.8, 4) is 5.75 Å². The van der Waals surface area contributed by atoms with Crippen molar-refractivity contribution in [2.45, 2.75) is 6.92 Å². The smallest absolute Gasteiger partial charge is 0.262 e. The van der Waals surface area contributed by atoms with Gasteiger partial charge in [0.2, 0.25) is 5.91 Å². The summed E-state index contributed by atoms with van der Waals surface area (Å²) < 4.78 is 5.37. The van der Waals surface area contributed by atoms with Crippen LogP contribution in [0.4, 0.5) is 11.4 Å². The van der Waals surface area contributed by atoms with Crippen LogP contribution in [0, 0.1) is 0 Å². The quantitative estimate of drug-likeness (QED) is 0.735. The molecule has 0 saturated heterocycles. The standard InChI is InChI=1S/C16H13Cl3N2O3/c1-9(22)20-10-2-4-11(5-3-10)24-8-16(23)21-15-7-13(18)12(17)6-14(15)19/h2-7H,8H2,1H3,(H,20,22)(H,21,23). The topological polar surface area (TPSA) is 67.4 Å². The zero-order valence-corrected chi connectivity index (χ0v) is 14.8. The van der Waals surface area contributed by atoms with Crippen molar-refractivity contribution in [2.75, 3.05) is 17.2 Å². The summed E-state index contributed by atoms with van der Waals surface area (Å²) in [6.45, 7) is 1.21. The molecule has 5 nitrogen and oxygen atoms in total. The van der Waals surface area contributed by atoms with Crippen molar-refractivity contribution in [3.05, 3.63) is 51.5 Å². The van der Waals surface area contributed by atoms with Crippen molar-refractivity contribution in [1.82, 2.24) is 0 Å². The maximum absolute atomic E-state index is 11.9. The predicted molar refractivity (Wildman–Crippen MR) is 96.3 cm³/mol. The number of benzene rings is 2. The van der Waals surface area contributed by atoms with Gasteiger partial charge < -0.3 is 15.4 Å². The molecule has 0 heterocycles. The van der Waals surface area contributed by atoms with Gasteiger partial charge in [0.25, 0.3) is 5.91 Å². The molecule has 24 heavy (non-hydrogen) atoms. The fourth-order valence-electron chi connectivity index (χ4n) is 1.79. The summed E-state index contributed by atoms with van der Waals surface area (Å²) in [6, 6.07) is 9.54. The van der Waals surface area contributed by atoms with Crippen LogP contribution in [0.15, 0.2) is 36.4 Å². The zero-order valence-electron chi connectivity index (χ0n) is 12.5. The minimum atomic E-state index is -0.402. The van der Waals surface area contributed by atoms with E-state index >= 15 is 0 Å². The number of nitrogens with one attached hydrogen (secondary N) is 2. The Morgan fingerprint density at radius 2 is 1.58 bits per heavy atom. The average molecular weight is 388 g/mol. The molecule has 2 amide bonds. The van der Waals surface area contributed by atoms with Crippen molar-refractivity contribution in [1.29, 1.82) is 0 Å². The monoisotopic (exact) mass is 386 g/mol. The number of anilines is 2. The van der Waals surface area contributed by atoms with E-state index in [9.17, 15) is 9.59 Å². The molecular weight excluding hydrogens is 375 g/mol. The molecule has 2 aromatic carbocycles. The van der Waals surface area contributed by atoms with E-state index in [0.717, 1.165) is 0 Å². The first-order valence-electron chi connectivity index (χ1n) is 6.80. The van der Waals surface area contributed by atoms with E-state index in [4.69, 9.17) is 39.5 Å². The first kappa shape index (κ1) is 18.4. The summed E-state index contributed by atoms with van der Waals surface area (Å²) in [5, 5.41) is 6.08. The van der Waals surface area contributed by atoms with E-state index in [-0.39, 0.29) is 22.6 Å². The first-order valence-corrected chi connectivity index (χ1v) is 7.93. The number of ether oxygens (including phenoxy) is 1. The van der Waals surface area contributed by atoms with Crippen LogP contribution in [0.2, 0.25) is 15.1 Å². The molecule has 0 atom stereocenters. The SMILES string of the molecule is CC(=O)Nc1ccc(OCC(=O)Nc2cc(Cl)c(Cl)cc2Cl)cc1. The van der Waals surface area contributed by atoms with Crippen molar-refractivity contribution in [3.63, 3.8) is 0 Å². The number of hydrogen-bond donors (Lipinski definition) is 2. The average Bonchev–Trinajstić information content (AvgIpc) is 2.51. The molecule has 0 saturated carbocycles. The Balaban J connectivity index is 1.91. The maximum atomic E-state index is 11.9. The van der Waals surface area contributed by atoms with Crippen molar-refractivity contribution >= 4 is 58.0 Å².